The molecule has 3 radical (unpaired) electrons. The van der Waals surface area contributed by atoms with Crippen molar-refractivity contribution in [3.05, 3.63) is 35.4 Å². The first kappa shape index (κ1) is 10.3. The second-order valence-electron chi connectivity index (χ2n) is 2.95. The summed E-state index contributed by atoms with van der Waals surface area (Å²) >= 11 is 1.89. The molecule has 0 bridgehead atoms. The number of carboxylic acid groups (broad SMARTS) is 1. The van der Waals surface area contributed by atoms with Crippen molar-refractivity contribution in [2.24, 2.45) is 0 Å². The maximum absolute atomic E-state index is 10.9. The zero-order valence-electron chi connectivity index (χ0n) is 7.45. The Hall–Kier alpha value is -0.767. The van der Waals surface area contributed by atoms with Crippen LogP contribution in [0, 0.1) is 6.92 Å². The predicted molar refractivity (Wildman–Crippen MR) is 52.1 cm³/mol. The molecule has 0 aromatic heterocycles. The van der Waals surface area contributed by atoms with Crippen molar-refractivity contribution in [2.45, 2.75) is 18.1 Å². The van der Waals surface area contributed by atoms with E-state index in [4.69, 9.17) is 5.11 Å². The van der Waals surface area contributed by atoms with Crippen LogP contribution in [-0.2, 0) is 4.79 Å². The fraction of sp³-hybridized carbons (Fsp3) is 0.300. The van der Waals surface area contributed by atoms with Crippen LogP contribution in [0.2, 0.25) is 5.25 Å². The van der Waals surface area contributed by atoms with E-state index in [1.54, 1.807) is 0 Å². The normalized spacial score (nSPS) is 12.5. The van der Waals surface area contributed by atoms with Gasteiger partial charge in [0.2, 0.25) is 0 Å². The Balaban J connectivity index is 3.04. The molecule has 1 rings (SSSR count). The molecule has 0 heterocycles. The SMILES string of the molecule is Cc1ccccc1C([CH2][Ge])C(=O)O. The van der Waals surface area contributed by atoms with Gasteiger partial charge in [-0.25, -0.2) is 0 Å². The summed E-state index contributed by atoms with van der Waals surface area (Å²) in [6.07, 6.45) is 0. The number of aryl methyl sites for hydroxylation is 1. The van der Waals surface area contributed by atoms with E-state index in [9.17, 15) is 4.79 Å². The van der Waals surface area contributed by atoms with Crippen molar-refractivity contribution in [3.63, 3.8) is 0 Å². The van der Waals surface area contributed by atoms with Gasteiger partial charge in [0.1, 0.15) is 0 Å². The number of carboxylic acids is 1. The van der Waals surface area contributed by atoms with Crippen molar-refractivity contribution in [2.75, 3.05) is 0 Å². The molecule has 0 fully saturated rings. The van der Waals surface area contributed by atoms with Crippen LogP contribution in [0.5, 0.6) is 0 Å². The van der Waals surface area contributed by atoms with Gasteiger partial charge < -0.3 is 0 Å². The zero-order chi connectivity index (χ0) is 9.84. The zero-order valence-corrected chi connectivity index (χ0v) is 9.55. The Labute approximate surface area is 86.2 Å². The summed E-state index contributed by atoms with van der Waals surface area (Å²) in [6.45, 7) is 1.95. The second kappa shape index (κ2) is 4.46. The van der Waals surface area contributed by atoms with E-state index in [2.05, 4.69) is 0 Å². The summed E-state index contributed by atoms with van der Waals surface area (Å²) in [5.41, 5.74) is 1.98. The van der Waals surface area contributed by atoms with Crippen LogP contribution in [0.15, 0.2) is 24.3 Å². The van der Waals surface area contributed by atoms with Crippen LogP contribution in [0.4, 0.5) is 0 Å². The topological polar surface area (TPSA) is 37.3 Å². The molecule has 0 aliphatic heterocycles. The third-order valence-corrected chi connectivity index (χ3v) is 2.92. The molecule has 0 saturated carbocycles. The minimum absolute atomic E-state index is 0.360. The summed E-state index contributed by atoms with van der Waals surface area (Å²) < 4.78 is 0. The summed E-state index contributed by atoms with van der Waals surface area (Å²) in [4.78, 5) is 10.9. The van der Waals surface area contributed by atoms with Crippen LogP contribution in [-0.4, -0.2) is 27.6 Å². The number of benzene rings is 1. The van der Waals surface area contributed by atoms with Gasteiger partial charge in [-0.3, -0.25) is 0 Å². The van der Waals surface area contributed by atoms with Crippen LogP contribution in [0.3, 0.4) is 0 Å². The number of hydrogen-bond acceptors (Lipinski definition) is 1. The molecule has 1 N–H and O–H groups in total. The van der Waals surface area contributed by atoms with E-state index >= 15 is 0 Å². The van der Waals surface area contributed by atoms with Gasteiger partial charge in [0, 0.05) is 0 Å². The van der Waals surface area contributed by atoms with Crippen molar-refractivity contribution in [1.82, 2.24) is 0 Å². The Morgan fingerprint density at radius 3 is 2.62 bits per heavy atom. The van der Waals surface area contributed by atoms with Crippen molar-refractivity contribution >= 4 is 22.5 Å². The Kier molecular flexibility index (Phi) is 3.54. The number of hydrogen-bond donors (Lipinski definition) is 1. The molecule has 1 aromatic rings. The van der Waals surface area contributed by atoms with E-state index < -0.39 is 5.97 Å². The van der Waals surface area contributed by atoms with Gasteiger partial charge in [-0.1, -0.05) is 0 Å². The molecule has 1 unspecified atom stereocenters. The third-order valence-electron chi connectivity index (χ3n) is 2.07. The summed E-state index contributed by atoms with van der Waals surface area (Å²) in [5, 5.41) is 9.59. The Bertz CT molecular complexity index is 310. The third kappa shape index (κ3) is 2.34. The predicted octanol–water partition coefficient (Wildman–Crippen LogP) is 1.75. The molecule has 0 aliphatic rings. The Morgan fingerprint density at radius 1 is 1.54 bits per heavy atom. The molecule has 0 saturated heterocycles. The number of rotatable bonds is 3. The molecule has 0 spiro atoms. The number of carbonyl (C=O) groups is 1. The number of aliphatic carboxylic acids is 1. The van der Waals surface area contributed by atoms with Gasteiger partial charge in [0.15, 0.2) is 0 Å². The quantitative estimate of drug-likeness (QED) is 0.811. The second-order valence-corrected chi connectivity index (χ2v) is 3.81. The van der Waals surface area contributed by atoms with Gasteiger partial charge >= 0.3 is 85.9 Å². The minimum atomic E-state index is -0.739. The molecule has 13 heavy (non-hydrogen) atoms. The van der Waals surface area contributed by atoms with Crippen LogP contribution in [0.25, 0.3) is 0 Å². The molecule has 3 heteroatoms. The van der Waals surface area contributed by atoms with E-state index in [-0.39, 0.29) is 5.92 Å². The van der Waals surface area contributed by atoms with Crippen molar-refractivity contribution in [1.29, 1.82) is 0 Å². The molecule has 0 amide bonds. The first-order valence-corrected chi connectivity index (χ1v) is 5.58. The molecule has 67 valence electrons. The fourth-order valence-corrected chi connectivity index (χ4v) is 2.14. The first-order chi connectivity index (χ1) is 6.16. The molecule has 2 nitrogen and oxygen atoms in total. The first-order valence-electron chi connectivity index (χ1n) is 4.09. The fourth-order valence-electron chi connectivity index (χ4n) is 1.31. The van der Waals surface area contributed by atoms with E-state index in [1.807, 2.05) is 47.7 Å². The van der Waals surface area contributed by atoms with E-state index in [0.29, 0.717) is 5.25 Å². The molecular weight excluding hydrogens is 225 g/mol. The monoisotopic (exact) mass is 237 g/mol. The molecule has 1 atom stereocenters. The van der Waals surface area contributed by atoms with Crippen molar-refractivity contribution < 1.29 is 9.90 Å². The summed E-state index contributed by atoms with van der Waals surface area (Å²) in [7, 11) is 0. The van der Waals surface area contributed by atoms with Gasteiger partial charge in [0.25, 0.3) is 0 Å². The van der Waals surface area contributed by atoms with Crippen LogP contribution >= 0.6 is 0 Å². The summed E-state index contributed by atoms with van der Waals surface area (Å²) in [6, 6.07) is 7.64. The average Bonchev–Trinajstić information content (AvgIpc) is 2.09. The van der Waals surface area contributed by atoms with Crippen LogP contribution in [0.1, 0.15) is 17.0 Å². The summed E-state index contributed by atoms with van der Waals surface area (Å²) in [5.74, 6) is -1.10. The maximum atomic E-state index is 10.9. The average molecular weight is 236 g/mol. The van der Waals surface area contributed by atoms with Gasteiger partial charge in [-0.2, -0.15) is 0 Å². The molecular formula is C10H11GeO2. The standard InChI is InChI=1S/C10H11GeO2/c1-7-4-2-3-5-8(7)9(6-11)10(12)13/h2-5,9H,6H2,1H3,(H,12,13). The van der Waals surface area contributed by atoms with Crippen molar-refractivity contribution in [3.8, 4) is 0 Å². The van der Waals surface area contributed by atoms with E-state index in [1.165, 1.54) is 0 Å². The van der Waals surface area contributed by atoms with Gasteiger partial charge in [-0.15, -0.1) is 0 Å². The molecule has 0 aliphatic carbocycles. The van der Waals surface area contributed by atoms with E-state index in [0.717, 1.165) is 11.1 Å². The van der Waals surface area contributed by atoms with Gasteiger partial charge in [-0.05, 0) is 0 Å². The van der Waals surface area contributed by atoms with Crippen LogP contribution < -0.4 is 0 Å². The molecule has 1 aromatic carbocycles. The Morgan fingerprint density at radius 2 is 2.15 bits per heavy atom. The van der Waals surface area contributed by atoms with Gasteiger partial charge in [0.05, 0.1) is 0 Å².